The van der Waals surface area contributed by atoms with Crippen LogP contribution in [-0.2, 0) is 4.74 Å². The lowest BCUT2D eigenvalue weighted by molar-refractivity contribution is 0.0948. The molecular formula is C15H18F2N4O2. The summed E-state index contributed by atoms with van der Waals surface area (Å²) >= 11 is 0. The minimum atomic E-state index is -0.748. The van der Waals surface area contributed by atoms with Crippen molar-refractivity contribution in [3.8, 4) is 5.69 Å². The number of ether oxygens (including phenoxy) is 1. The fourth-order valence-electron chi connectivity index (χ4n) is 1.93. The van der Waals surface area contributed by atoms with Crippen LogP contribution in [0.1, 0.15) is 10.5 Å². The van der Waals surface area contributed by atoms with Crippen LogP contribution in [0.4, 0.5) is 8.78 Å². The highest BCUT2D eigenvalue weighted by Gasteiger charge is 2.14. The van der Waals surface area contributed by atoms with Crippen LogP contribution in [0.15, 0.2) is 30.5 Å². The first-order valence-corrected chi connectivity index (χ1v) is 7.11. The highest BCUT2D eigenvalue weighted by Crippen LogP contribution is 2.16. The number of carbonyl (C=O) groups excluding carboxylic acids is 1. The molecule has 0 saturated carbocycles. The molecule has 0 fully saturated rings. The van der Waals surface area contributed by atoms with E-state index in [2.05, 4.69) is 15.7 Å². The second-order valence-corrected chi connectivity index (χ2v) is 4.71. The normalized spacial score (nSPS) is 10.7. The van der Waals surface area contributed by atoms with Crippen molar-refractivity contribution in [1.29, 1.82) is 0 Å². The molecule has 1 heterocycles. The van der Waals surface area contributed by atoms with E-state index in [4.69, 9.17) is 4.74 Å². The van der Waals surface area contributed by atoms with E-state index in [0.29, 0.717) is 26.2 Å². The van der Waals surface area contributed by atoms with Gasteiger partial charge in [-0.2, -0.15) is 5.10 Å². The van der Waals surface area contributed by atoms with Gasteiger partial charge in [-0.3, -0.25) is 4.79 Å². The van der Waals surface area contributed by atoms with Crippen molar-refractivity contribution in [3.05, 3.63) is 47.8 Å². The van der Waals surface area contributed by atoms with Crippen molar-refractivity contribution in [2.45, 2.75) is 0 Å². The van der Waals surface area contributed by atoms with Crippen LogP contribution < -0.4 is 10.6 Å². The van der Waals surface area contributed by atoms with E-state index in [0.717, 1.165) is 16.8 Å². The Balaban J connectivity index is 1.93. The maximum atomic E-state index is 13.7. The van der Waals surface area contributed by atoms with Gasteiger partial charge >= 0.3 is 0 Å². The molecule has 2 aromatic rings. The summed E-state index contributed by atoms with van der Waals surface area (Å²) in [7, 11) is 1.61. The molecule has 124 valence electrons. The fourth-order valence-corrected chi connectivity index (χ4v) is 1.93. The summed E-state index contributed by atoms with van der Waals surface area (Å²) < 4.78 is 33.2. The number of nitrogens with one attached hydrogen (secondary N) is 2. The van der Waals surface area contributed by atoms with Crippen molar-refractivity contribution in [3.63, 3.8) is 0 Å². The quantitative estimate of drug-likeness (QED) is 0.714. The van der Waals surface area contributed by atoms with Crippen molar-refractivity contribution in [2.24, 2.45) is 0 Å². The summed E-state index contributed by atoms with van der Waals surface area (Å²) in [4.78, 5) is 11.9. The highest BCUT2D eigenvalue weighted by molar-refractivity contribution is 5.92. The van der Waals surface area contributed by atoms with E-state index in [1.54, 1.807) is 7.11 Å². The Labute approximate surface area is 132 Å². The largest absolute Gasteiger partial charge is 0.383 e. The number of hydrogen-bond acceptors (Lipinski definition) is 4. The van der Waals surface area contributed by atoms with Crippen molar-refractivity contribution >= 4 is 5.91 Å². The molecule has 0 aliphatic rings. The number of hydrogen-bond donors (Lipinski definition) is 2. The van der Waals surface area contributed by atoms with Gasteiger partial charge in [0.2, 0.25) is 0 Å². The van der Waals surface area contributed by atoms with Gasteiger partial charge < -0.3 is 15.4 Å². The number of methoxy groups -OCH3 is 1. The molecule has 1 aromatic heterocycles. The number of nitrogens with zero attached hydrogens (tertiary/aromatic N) is 2. The third-order valence-electron chi connectivity index (χ3n) is 3.06. The molecule has 0 aliphatic heterocycles. The van der Waals surface area contributed by atoms with Gasteiger partial charge in [0, 0.05) is 32.9 Å². The van der Waals surface area contributed by atoms with Gasteiger partial charge in [-0.1, -0.05) is 6.07 Å². The molecule has 8 heteroatoms. The lowest BCUT2D eigenvalue weighted by Crippen LogP contribution is -2.33. The zero-order valence-electron chi connectivity index (χ0n) is 12.7. The smallest absolute Gasteiger partial charge is 0.271 e. The molecule has 1 aromatic carbocycles. The van der Waals surface area contributed by atoms with E-state index in [1.807, 2.05) is 0 Å². The van der Waals surface area contributed by atoms with Gasteiger partial charge in [0.1, 0.15) is 5.69 Å². The second-order valence-electron chi connectivity index (χ2n) is 4.71. The van der Waals surface area contributed by atoms with E-state index in [1.165, 1.54) is 18.3 Å². The Hall–Kier alpha value is -2.32. The Morgan fingerprint density at radius 3 is 2.65 bits per heavy atom. The molecule has 0 atom stereocenters. The summed E-state index contributed by atoms with van der Waals surface area (Å²) in [6, 6.07) is 4.93. The van der Waals surface area contributed by atoms with Crippen LogP contribution in [0.3, 0.4) is 0 Å². The van der Waals surface area contributed by atoms with Gasteiger partial charge in [-0.25, -0.2) is 13.5 Å². The summed E-state index contributed by atoms with van der Waals surface area (Å²) in [5.41, 5.74) is -0.225. The molecule has 0 saturated heterocycles. The third-order valence-corrected chi connectivity index (χ3v) is 3.06. The predicted octanol–water partition coefficient (Wildman–Crippen LogP) is 1.12. The maximum absolute atomic E-state index is 13.7. The van der Waals surface area contributed by atoms with Crippen LogP contribution >= 0.6 is 0 Å². The average Bonchev–Trinajstić information content (AvgIpc) is 3.00. The number of benzene rings is 1. The fraction of sp³-hybridized carbons (Fsp3) is 0.333. The van der Waals surface area contributed by atoms with Gasteiger partial charge in [-0.05, 0) is 18.2 Å². The molecule has 0 unspecified atom stereocenters. The number of para-hydroxylation sites is 1. The Kier molecular flexibility index (Phi) is 6.19. The summed E-state index contributed by atoms with van der Waals surface area (Å²) in [6.07, 6.45) is 1.34. The predicted molar refractivity (Wildman–Crippen MR) is 80.6 cm³/mol. The molecule has 0 radical (unpaired) electrons. The van der Waals surface area contributed by atoms with Crippen molar-refractivity contribution in [1.82, 2.24) is 20.4 Å². The number of halogens is 2. The van der Waals surface area contributed by atoms with Crippen molar-refractivity contribution in [2.75, 3.05) is 33.4 Å². The summed E-state index contributed by atoms with van der Waals surface area (Å²) in [6.45, 7) is 2.27. The van der Waals surface area contributed by atoms with E-state index < -0.39 is 17.5 Å². The maximum Gasteiger partial charge on any atom is 0.271 e. The lowest BCUT2D eigenvalue weighted by Gasteiger charge is -2.06. The van der Waals surface area contributed by atoms with Crippen LogP contribution in [-0.4, -0.2) is 49.0 Å². The van der Waals surface area contributed by atoms with Gasteiger partial charge in [-0.15, -0.1) is 0 Å². The van der Waals surface area contributed by atoms with Crippen LogP contribution in [0, 0.1) is 11.6 Å². The lowest BCUT2D eigenvalue weighted by atomic mass is 10.3. The number of rotatable bonds is 8. The first kappa shape index (κ1) is 17.0. The van der Waals surface area contributed by atoms with Gasteiger partial charge in [0.25, 0.3) is 5.91 Å². The standard InChI is InChI=1S/C15H18F2N4O2/c1-23-10-8-18-6-7-19-15(22)13-5-9-21(20-13)14-11(16)3-2-4-12(14)17/h2-5,9,18H,6-8,10H2,1H3,(H,19,22). The molecular weight excluding hydrogens is 306 g/mol. The Morgan fingerprint density at radius 1 is 1.22 bits per heavy atom. The topological polar surface area (TPSA) is 68.2 Å². The monoisotopic (exact) mass is 324 g/mol. The van der Waals surface area contributed by atoms with E-state index >= 15 is 0 Å². The van der Waals surface area contributed by atoms with Crippen LogP contribution in [0.25, 0.3) is 5.69 Å². The highest BCUT2D eigenvalue weighted by atomic mass is 19.1. The van der Waals surface area contributed by atoms with E-state index in [9.17, 15) is 13.6 Å². The molecule has 0 bridgehead atoms. The van der Waals surface area contributed by atoms with Crippen LogP contribution in [0.5, 0.6) is 0 Å². The minimum Gasteiger partial charge on any atom is -0.383 e. The number of amides is 1. The Morgan fingerprint density at radius 2 is 1.96 bits per heavy atom. The molecule has 0 aliphatic carbocycles. The van der Waals surface area contributed by atoms with Gasteiger partial charge in [0.05, 0.1) is 6.61 Å². The second kappa shape index (κ2) is 8.35. The molecule has 0 spiro atoms. The van der Waals surface area contributed by atoms with Crippen molar-refractivity contribution < 1.29 is 18.3 Å². The molecule has 1 amide bonds. The zero-order chi connectivity index (χ0) is 16.7. The zero-order valence-corrected chi connectivity index (χ0v) is 12.7. The average molecular weight is 324 g/mol. The van der Waals surface area contributed by atoms with Crippen LogP contribution in [0.2, 0.25) is 0 Å². The number of aromatic nitrogens is 2. The molecule has 6 nitrogen and oxygen atoms in total. The van der Waals surface area contributed by atoms with E-state index in [-0.39, 0.29) is 11.4 Å². The SMILES string of the molecule is COCCNCCNC(=O)c1ccn(-c2c(F)cccc2F)n1. The first-order chi connectivity index (χ1) is 11.1. The minimum absolute atomic E-state index is 0.0875. The first-order valence-electron chi connectivity index (χ1n) is 7.11. The summed E-state index contributed by atoms with van der Waals surface area (Å²) in [5, 5.41) is 9.65. The molecule has 23 heavy (non-hydrogen) atoms. The molecule has 2 rings (SSSR count). The third kappa shape index (κ3) is 4.57. The number of carbonyl (C=O) groups is 1. The summed E-state index contributed by atoms with van der Waals surface area (Å²) in [5.74, 6) is -1.90. The van der Waals surface area contributed by atoms with Gasteiger partial charge in [0.15, 0.2) is 17.3 Å². The Bertz CT molecular complexity index is 640. The molecule has 2 N–H and O–H groups in total.